The zero-order chi connectivity index (χ0) is 19.4. The lowest BCUT2D eigenvalue weighted by atomic mass is 9.93. The molecule has 0 spiro atoms. The molecular weight excluding hydrogens is 342 g/mol. The van der Waals surface area contributed by atoms with Crippen molar-refractivity contribution in [3.05, 3.63) is 59.2 Å². The van der Waals surface area contributed by atoms with E-state index in [0.717, 1.165) is 31.6 Å². The average Bonchev–Trinajstić information content (AvgIpc) is 2.68. The Hall–Kier alpha value is -2.79. The Balaban J connectivity index is 1.90. The number of hydrogen-bond donors (Lipinski definition) is 1. The topological polar surface area (TPSA) is 59.0 Å². The zero-order valence-corrected chi connectivity index (χ0v) is 16.0. The molecule has 0 unspecified atom stereocenters. The van der Waals surface area contributed by atoms with E-state index in [1.165, 1.54) is 19.6 Å². The molecule has 142 valence electrons. The molecule has 2 aromatic carbocycles. The predicted molar refractivity (Wildman–Crippen MR) is 106 cm³/mol. The fraction of sp³-hybridized carbons (Fsp3) is 0.318. The highest BCUT2D eigenvalue weighted by molar-refractivity contribution is 6.02. The maximum Gasteiger partial charge on any atom is 0.167 e. The molecule has 0 amide bonds. The van der Waals surface area contributed by atoms with Crippen molar-refractivity contribution in [2.45, 2.75) is 19.9 Å². The average molecular weight is 367 g/mol. The van der Waals surface area contributed by atoms with Gasteiger partial charge in [0.05, 0.1) is 19.8 Å². The maximum atomic E-state index is 12.0. The number of Topliss-reactive ketones (excluding diaryl/α,β-unsaturated/α-hetero) is 1. The summed E-state index contributed by atoms with van der Waals surface area (Å²) >= 11 is 0. The van der Waals surface area contributed by atoms with Crippen LogP contribution in [-0.4, -0.2) is 43.1 Å². The lowest BCUT2D eigenvalue weighted by Crippen LogP contribution is -2.28. The highest BCUT2D eigenvalue weighted by Crippen LogP contribution is 2.44. The van der Waals surface area contributed by atoms with Crippen LogP contribution in [0.2, 0.25) is 0 Å². The molecule has 0 atom stereocenters. The number of rotatable bonds is 6. The Morgan fingerprint density at radius 1 is 1.15 bits per heavy atom. The summed E-state index contributed by atoms with van der Waals surface area (Å²) in [6.45, 7) is 3.94. The summed E-state index contributed by atoms with van der Waals surface area (Å²) < 4.78 is 10.7. The normalized spacial score (nSPS) is 14.6. The second-order valence-corrected chi connectivity index (χ2v) is 6.64. The third-order valence-corrected chi connectivity index (χ3v) is 4.88. The third kappa shape index (κ3) is 3.98. The van der Waals surface area contributed by atoms with Gasteiger partial charge in [0.25, 0.3) is 0 Å². The van der Waals surface area contributed by atoms with Gasteiger partial charge in [-0.2, -0.15) is 0 Å². The van der Waals surface area contributed by atoms with Gasteiger partial charge in [0.1, 0.15) is 22.8 Å². The first-order chi connectivity index (χ1) is 13.0. The number of hydrogen-bond acceptors (Lipinski definition) is 5. The first-order valence-corrected chi connectivity index (χ1v) is 8.99. The van der Waals surface area contributed by atoms with Gasteiger partial charge in [-0.3, -0.25) is 9.69 Å². The van der Waals surface area contributed by atoms with Gasteiger partial charge in [-0.1, -0.05) is 36.4 Å². The Morgan fingerprint density at radius 3 is 2.41 bits per heavy atom. The molecule has 5 nitrogen and oxygen atoms in total. The van der Waals surface area contributed by atoms with Crippen molar-refractivity contribution in [1.82, 2.24) is 4.90 Å². The number of ether oxygens (including phenoxy) is 2. The Labute approximate surface area is 159 Å². The highest BCUT2D eigenvalue weighted by atomic mass is 16.5. The number of methoxy groups -OCH3 is 2. The standard InChI is InChI=1S/C22H25NO4/c1-15(24)20-18(26-2)13-19(27-3)21(22(20)25)17-9-11-23(12-10-17)14-16-7-5-4-6-8-16/h4-9,13,25H,10-12,14H2,1-3H3. The summed E-state index contributed by atoms with van der Waals surface area (Å²) in [5.41, 5.74) is 3.04. The molecule has 27 heavy (non-hydrogen) atoms. The third-order valence-electron chi connectivity index (χ3n) is 4.88. The Morgan fingerprint density at radius 2 is 1.85 bits per heavy atom. The number of nitrogens with zero attached hydrogens (tertiary/aromatic N) is 1. The largest absolute Gasteiger partial charge is 0.506 e. The number of aromatic hydroxyl groups is 1. The minimum Gasteiger partial charge on any atom is -0.506 e. The van der Waals surface area contributed by atoms with Gasteiger partial charge in [-0.15, -0.1) is 0 Å². The Kier molecular flexibility index (Phi) is 5.81. The molecule has 3 rings (SSSR count). The second-order valence-electron chi connectivity index (χ2n) is 6.64. The summed E-state index contributed by atoms with van der Waals surface area (Å²) in [5.74, 6) is 0.525. The molecule has 0 radical (unpaired) electrons. The smallest absolute Gasteiger partial charge is 0.167 e. The van der Waals surface area contributed by atoms with Gasteiger partial charge in [0.15, 0.2) is 5.78 Å². The molecule has 1 aliphatic rings. The van der Waals surface area contributed by atoms with Crippen molar-refractivity contribution in [3.63, 3.8) is 0 Å². The molecule has 0 aromatic heterocycles. The van der Waals surface area contributed by atoms with Gasteiger partial charge in [-0.25, -0.2) is 0 Å². The minimum absolute atomic E-state index is 0.0681. The van der Waals surface area contributed by atoms with Crippen LogP contribution in [0.15, 0.2) is 42.5 Å². The Bertz CT molecular complexity index is 858. The van der Waals surface area contributed by atoms with Crippen LogP contribution in [0, 0.1) is 0 Å². The van der Waals surface area contributed by atoms with E-state index in [2.05, 4.69) is 23.1 Å². The lowest BCUT2D eigenvalue weighted by Gasteiger charge is -2.28. The van der Waals surface area contributed by atoms with E-state index in [1.807, 2.05) is 18.2 Å². The van der Waals surface area contributed by atoms with Gasteiger partial charge >= 0.3 is 0 Å². The quantitative estimate of drug-likeness (QED) is 0.785. The zero-order valence-electron chi connectivity index (χ0n) is 16.0. The number of carbonyl (C=O) groups is 1. The van der Waals surface area contributed by atoms with E-state index in [1.54, 1.807) is 13.2 Å². The van der Waals surface area contributed by atoms with E-state index >= 15 is 0 Å². The van der Waals surface area contributed by atoms with Crippen molar-refractivity contribution in [2.24, 2.45) is 0 Å². The second kappa shape index (κ2) is 8.27. The van der Waals surface area contributed by atoms with Crippen molar-refractivity contribution in [2.75, 3.05) is 27.3 Å². The molecule has 0 saturated heterocycles. The first kappa shape index (κ1) is 19.0. The molecule has 1 aliphatic heterocycles. The van der Waals surface area contributed by atoms with Crippen LogP contribution in [0.1, 0.15) is 34.8 Å². The number of ketones is 1. The minimum atomic E-state index is -0.240. The molecule has 2 aromatic rings. The lowest BCUT2D eigenvalue weighted by molar-refractivity contribution is 0.101. The van der Waals surface area contributed by atoms with E-state index in [0.29, 0.717) is 17.1 Å². The molecule has 1 heterocycles. The van der Waals surface area contributed by atoms with Gasteiger partial charge in [-0.05, 0) is 24.5 Å². The highest BCUT2D eigenvalue weighted by Gasteiger charge is 2.25. The molecule has 0 bridgehead atoms. The summed E-state index contributed by atoms with van der Waals surface area (Å²) in [6.07, 6.45) is 2.86. The first-order valence-electron chi connectivity index (χ1n) is 8.99. The summed E-state index contributed by atoms with van der Waals surface area (Å²) in [5, 5.41) is 10.8. The molecule has 0 saturated carbocycles. The number of benzene rings is 2. The molecular formula is C22H25NO4. The fourth-order valence-corrected chi connectivity index (χ4v) is 3.52. The van der Waals surface area contributed by atoms with Crippen LogP contribution >= 0.6 is 0 Å². The summed E-state index contributed by atoms with van der Waals surface area (Å²) in [4.78, 5) is 14.4. The molecule has 0 fully saturated rings. The van der Waals surface area contributed by atoms with Gasteiger partial charge in [0, 0.05) is 25.7 Å². The maximum absolute atomic E-state index is 12.0. The van der Waals surface area contributed by atoms with Crippen molar-refractivity contribution >= 4 is 11.4 Å². The predicted octanol–water partition coefficient (Wildman–Crippen LogP) is 3.90. The molecule has 5 heteroatoms. The van der Waals surface area contributed by atoms with E-state index in [9.17, 15) is 9.90 Å². The van der Waals surface area contributed by atoms with Crippen LogP contribution in [0.3, 0.4) is 0 Å². The van der Waals surface area contributed by atoms with Gasteiger partial charge < -0.3 is 14.6 Å². The van der Waals surface area contributed by atoms with Gasteiger partial charge in [0.2, 0.25) is 0 Å². The van der Waals surface area contributed by atoms with Crippen LogP contribution in [-0.2, 0) is 6.54 Å². The number of phenols is 1. The van der Waals surface area contributed by atoms with Crippen molar-refractivity contribution in [3.8, 4) is 17.2 Å². The van der Waals surface area contributed by atoms with E-state index < -0.39 is 0 Å². The van der Waals surface area contributed by atoms with E-state index in [-0.39, 0.29) is 17.1 Å². The SMILES string of the molecule is COc1cc(OC)c(C2=CCN(Cc3ccccc3)CC2)c(O)c1C(C)=O. The van der Waals surface area contributed by atoms with Crippen molar-refractivity contribution in [1.29, 1.82) is 0 Å². The van der Waals surface area contributed by atoms with Crippen LogP contribution in [0.25, 0.3) is 5.57 Å². The van der Waals surface area contributed by atoms with E-state index in [4.69, 9.17) is 9.47 Å². The van der Waals surface area contributed by atoms with Crippen molar-refractivity contribution < 1.29 is 19.4 Å². The molecule has 1 N–H and O–H groups in total. The summed E-state index contributed by atoms with van der Waals surface area (Å²) in [7, 11) is 3.03. The number of phenolic OH excluding ortho intramolecular Hbond substituents is 1. The summed E-state index contributed by atoms with van der Waals surface area (Å²) in [6, 6.07) is 12.0. The fourth-order valence-electron chi connectivity index (χ4n) is 3.52. The van der Waals surface area contributed by atoms with Crippen LogP contribution in [0.4, 0.5) is 0 Å². The monoisotopic (exact) mass is 367 g/mol. The van der Waals surface area contributed by atoms with Crippen LogP contribution < -0.4 is 9.47 Å². The molecule has 0 aliphatic carbocycles. The number of carbonyl (C=O) groups excluding carboxylic acids is 1. The van der Waals surface area contributed by atoms with Crippen LogP contribution in [0.5, 0.6) is 17.2 Å².